The molecule has 0 spiro atoms. The monoisotopic (exact) mass is 409 g/mol. The third-order valence-electron chi connectivity index (χ3n) is 2.92. The number of furan rings is 1. The number of hydrogen-bond donors (Lipinski definition) is 1. The van der Waals surface area contributed by atoms with Gasteiger partial charge in [-0.2, -0.15) is 13.2 Å². The lowest BCUT2D eigenvalue weighted by Gasteiger charge is -2.23. The van der Waals surface area contributed by atoms with Crippen molar-refractivity contribution < 1.29 is 22.4 Å². The van der Waals surface area contributed by atoms with Gasteiger partial charge < -0.3 is 9.32 Å². The largest absolute Gasteiger partial charge is 0.467 e. The smallest absolute Gasteiger partial charge is 0.406 e. The van der Waals surface area contributed by atoms with Gasteiger partial charge in [-0.25, -0.2) is 4.79 Å². The first kappa shape index (κ1) is 18.0. The fourth-order valence-electron chi connectivity index (χ4n) is 1.89. The van der Waals surface area contributed by atoms with Crippen molar-refractivity contribution in [2.24, 2.45) is 0 Å². The van der Waals surface area contributed by atoms with E-state index in [9.17, 15) is 27.6 Å². The Morgan fingerprint density at radius 3 is 2.67 bits per heavy atom. The maximum atomic E-state index is 12.7. The van der Waals surface area contributed by atoms with Gasteiger partial charge in [-0.1, -0.05) is 0 Å². The Morgan fingerprint density at radius 1 is 1.38 bits per heavy atom. The number of halogens is 4. The van der Waals surface area contributed by atoms with Crippen molar-refractivity contribution in [3.63, 3.8) is 0 Å². The van der Waals surface area contributed by atoms with Gasteiger partial charge in [0.1, 0.15) is 18.8 Å². The number of alkyl halides is 3. The molecule has 0 bridgehead atoms. The highest BCUT2D eigenvalue weighted by molar-refractivity contribution is 9.10. The zero-order valence-corrected chi connectivity index (χ0v) is 13.6. The summed E-state index contributed by atoms with van der Waals surface area (Å²) >= 11 is 2.88. The topological polar surface area (TPSA) is 88.3 Å². The molecule has 130 valence electrons. The first-order valence-electron chi connectivity index (χ1n) is 6.52. The van der Waals surface area contributed by atoms with E-state index in [-0.39, 0.29) is 10.2 Å². The summed E-state index contributed by atoms with van der Waals surface area (Å²) in [7, 11) is 0. The van der Waals surface area contributed by atoms with Crippen LogP contribution < -0.4 is 11.2 Å². The average Bonchev–Trinajstić information content (AvgIpc) is 2.95. The van der Waals surface area contributed by atoms with Crippen LogP contribution in [0.5, 0.6) is 0 Å². The zero-order valence-electron chi connectivity index (χ0n) is 12.0. The van der Waals surface area contributed by atoms with Crippen molar-refractivity contribution in [1.82, 2.24) is 14.5 Å². The summed E-state index contributed by atoms with van der Waals surface area (Å²) in [6.45, 7) is -2.55. The number of nitrogens with one attached hydrogen (secondary N) is 1. The van der Waals surface area contributed by atoms with E-state index in [4.69, 9.17) is 4.42 Å². The summed E-state index contributed by atoms with van der Waals surface area (Å²) in [5.41, 5.74) is -1.60. The van der Waals surface area contributed by atoms with Gasteiger partial charge in [0.05, 0.1) is 17.3 Å². The van der Waals surface area contributed by atoms with Gasteiger partial charge >= 0.3 is 11.9 Å². The van der Waals surface area contributed by atoms with E-state index in [0.29, 0.717) is 4.90 Å². The molecule has 1 amide bonds. The van der Waals surface area contributed by atoms with Crippen molar-refractivity contribution in [1.29, 1.82) is 0 Å². The molecule has 0 saturated carbocycles. The second-order valence-corrected chi connectivity index (χ2v) is 5.66. The van der Waals surface area contributed by atoms with Crippen molar-refractivity contribution >= 4 is 21.8 Å². The lowest BCUT2D eigenvalue weighted by atomic mass is 10.3. The highest BCUT2D eigenvalue weighted by Crippen LogP contribution is 2.18. The van der Waals surface area contributed by atoms with E-state index in [2.05, 4.69) is 15.9 Å². The molecule has 0 radical (unpaired) electrons. The molecule has 0 fully saturated rings. The van der Waals surface area contributed by atoms with Crippen LogP contribution in [0, 0.1) is 0 Å². The third kappa shape index (κ3) is 4.85. The summed E-state index contributed by atoms with van der Waals surface area (Å²) in [5, 5.41) is 0. The first-order chi connectivity index (χ1) is 11.2. The quantitative estimate of drug-likeness (QED) is 0.809. The predicted octanol–water partition coefficient (Wildman–Crippen LogP) is 1.48. The number of aromatic nitrogens is 2. The molecule has 24 heavy (non-hydrogen) atoms. The first-order valence-corrected chi connectivity index (χ1v) is 7.31. The van der Waals surface area contributed by atoms with E-state index < -0.39 is 43.0 Å². The number of H-pyrrole nitrogens is 1. The molecule has 2 rings (SSSR count). The molecule has 0 atom stereocenters. The van der Waals surface area contributed by atoms with Gasteiger partial charge in [0.15, 0.2) is 0 Å². The van der Waals surface area contributed by atoms with Crippen LogP contribution in [-0.4, -0.2) is 33.1 Å². The van der Waals surface area contributed by atoms with Gasteiger partial charge in [0.2, 0.25) is 5.91 Å². The van der Waals surface area contributed by atoms with Gasteiger partial charge in [-0.15, -0.1) is 0 Å². The maximum absolute atomic E-state index is 12.7. The highest BCUT2D eigenvalue weighted by Gasteiger charge is 2.33. The minimum Gasteiger partial charge on any atom is -0.467 e. The van der Waals surface area contributed by atoms with E-state index >= 15 is 0 Å². The van der Waals surface area contributed by atoms with Crippen LogP contribution in [0.4, 0.5) is 13.2 Å². The van der Waals surface area contributed by atoms with Crippen molar-refractivity contribution in [2.75, 3.05) is 6.54 Å². The minimum absolute atomic E-state index is 0.0247. The highest BCUT2D eigenvalue weighted by atomic mass is 79.9. The Labute approximate surface area is 140 Å². The number of amides is 1. The third-order valence-corrected chi connectivity index (χ3v) is 3.49. The fourth-order valence-corrected chi connectivity index (χ4v) is 2.23. The Bertz CT molecular complexity index is 826. The Morgan fingerprint density at radius 2 is 2.08 bits per heavy atom. The molecule has 1 N–H and O–H groups in total. The van der Waals surface area contributed by atoms with Gasteiger partial charge in [0.25, 0.3) is 5.56 Å². The van der Waals surface area contributed by atoms with Gasteiger partial charge in [-0.05, 0) is 28.1 Å². The van der Waals surface area contributed by atoms with Crippen LogP contribution in [0.25, 0.3) is 0 Å². The number of rotatable bonds is 5. The average molecular weight is 410 g/mol. The Hall–Kier alpha value is -2.30. The van der Waals surface area contributed by atoms with E-state index in [0.717, 1.165) is 10.8 Å². The van der Waals surface area contributed by atoms with Crippen LogP contribution >= 0.6 is 15.9 Å². The molecule has 0 aliphatic rings. The normalized spacial score (nSPS) is 11.5. The number of aromatic amines is 1. The lowest BCUT2D eigenvalue weighted by molar-refractivity contribution is -0.163. The van der Waals surface area contributed by atoms with Crippen LogP contribution in [0.15, 0.2) is 43.1 Å². The van der Waals surface area contributed by atoms with Crippen LogP contribution in [0.1, 0.15) is 5.76 Å². The molecule has 11 heteroatoms. The fraction of sp³-hybridized carbons (Fsp3) is 0.308. The molecule has 2 aromatic heterocycles. The van der Waals surface area contributed by atoms with Crippen LogP contribution in [-0.2, 0) is 17.9 Å². The SMILES string of the molecule is O=C(Cn1cc(Br)c(=O)[nH]c1=O)N(Cc1ccco1)CC(F)(F)F. The van der Waals surface area contributed by atoms with Gasteiger partial charge in [0, 0.05) is 6.20 Å². The minimum atomic E-state index is -4.61. The van der Waals surface area contributed by atoms with Crippen molar-refractivity contribution in [3.05, 3.63) is 55.7 Å². The van der Waals surface area contributed by atoms with E-state index in [1.807, 2.05) is 4.98 Å². The molecule has 2 aromatic rings. The second kappa shape index (κ2) is 7.07. The zero-order chi connectivity index (χ0) is 17.9. The summed E-state index contributed by atoms with van der Waals surface area (Å²) in [6.07, 6.45) is -2.30. The molecule has 0 unspecified atom stereocenters. The Kier molecular flexibility index (Phi) is 5.32. The summed E-state index contributed by atoms with van der Waals surface area (Å²) in [5.74, 6) is -0.785. The molecule has 0 aliphatic carbocycles. The standard InChI is InChI=1S/C13H11BrF3N3O4/c14-9-5-19(12(23)18-11(9)22)6-10(21)20(7-13(15,16)17)4-8-2-1-3-24-8/h1-3,5H,4,6-7H2,(H,18,22,23). The number of carbonyl (C=O) groups is 1. The summed E-state index contributed by atoms with van der Waals surface area (Å²) in [6, 6.07) is 2.91. The molecule has 0 aromatic carbocycles. The lowest BCUT2D eigenvalue weighted by Crippen LogP contribution is -2.42. The summed E-state index contributed by atoms with van der Waals surface area (Å²) < 4.78 is 43.8. The molecular weight excluding hydrogens is 399 g/mol. The molecule has 2 heterocycles. The molecule has 7 nitrogen and oxygen atoms in total. The number of nitrogens with zero attached hydrogens (tertiary/aromatic N) is 2. The predicted molar refractivity (Wildman–Crippen MR) is 79.2 cm³/mol. The molecule has 0 saturated heterocycles. The van der Waals surface area contributed by atoms with Gasteiger partial charge in [-0.3, -0.25) is 19.1 Å². The Balaban J connectivity index is 2.22. The van der Waals surface area contributed by atoms with Crippen molar-refractivity contribution in [3.8, 4) is 0 Å². The number of hydrogen-bond acceptors (Lipinski definition) is 4. The number of carbonyl (C=O) groups excluding carboxylic acids is 1. The molecular formula is C13H11BrF3N3O4. The summed E-state index contributed by atoms with van der Waals surface area (Å²) in [4.78, 5) is 37.5. The van der Waals surface area contributed by atoms with Crippen molar-refractivity contribution in [2.45, 2.75) is 19.3 Å². The van der Waals surface area contributed by atoms with E-state index in [1.165, 1.54) is 18.4 Å². The van der Waals surface area contributed by atoms with Crippen LogP contribution in [0.2, 0.25) is 0 Å². The maximum Gasteiger partial charge on any atom is 0.406 e. The van der Waals surface area contributed by atoms with E-state index in [1.54, 1.807) is 0 Å². The molecule has 0 aliphatic heterocycles. The second-order valence-electron chi connectivity index (χ2n) is 4.81. The van der Waals surface area contributed by atoms with Crippen LogP contribution in [0.3, 0.4) is 0 Å².